The van der Waals surface area contributed by atoms with Crippen molar-refractivity contribution in [3.05, 3.63) is 6.33 Å². The molecule has 0 atom stereocenters. The van der Waals surface area contributed by atoms with Crippen LogP contribution >= 0.6 is 0 Å². The summed E-state index contributed by atoms with van der Waals surface area (Å²) in [5.74, 6) is 1.23. The van der Waals surface area contributed by atoms with E-state index in [1.807, 2.05) is 6.92 Å². The van der Waals surface area contributed by atoms with Crippen LogP contribution in [0.2, 0.25) is 0 Å². The summed E-state index contributed by atoms with van der Waals surface area (Å²) in [4.78, 5) is 15.2. The molecule has 1 fully saturated rings. The zero-order valence-corrected chi connectivity index (χ0v) is 10.4. The zero-order chi connectivity index (χ0) is 12.4. The maximum Gasteiger partial charge on any atom is 0.324 e. The first kappa shape index (κ1) is 11.2. The number of ether oxygens (including phenoxy) is 1. The van der Waals surface area contributed by atoms with Crippen LogP contribution < -0.4 is 9.64 Å². The van der Waals surface area contributed by atoms with E-state index in [1.54, 1.807) is 0 Å². The molecule has 3 heterocycles. The Morgan fingerprint density at radius 2 is 2.06 bits per heavy atom. The van der Waals surface area contributed by atoms with Crippen LogP contribution in [0.1, 0.15) is 26.2 Å². The van der Waals surface area contributed by atoms with Gasteiger partial charge in [-0.2, -0.15) is 15.0 Å². The van der Waals surface area contributed by atoms with E-state index in [0.717, 1.165) is 13.1 Å². The number of fused-ring (bicyclic) bond motifs is 1. The molecular formula is C11H16N6O. The number of aromatic nitrogens is 5. The molecule has 7 heteroatoms. The summed E-state index contributed by atoms with van der Waals surface area (Å²) >= 11 is 0. The average Bonchev–Trinajstić information content (AvgIpc) is 2.88. The second kappa shape index (κ2) is 4.75. The quantitative estimate of drug-likeness (QED) is 0.804. The molecule has 0 N–H and O–H groups in total. The molecule has 0 saturated carbocycles. The lowest BCUT2D eigenvalue weighted by Gasteiger charge is -2.26. The van der Waals surface area contributed by atoms with Gasteiger partial charge < -0.3 is 9.64 Å². The number of hydrogen-bond acceptors (Lipinski definition) is 6. The molecule has 0 unspecified atom stereocenters. The Bertz CT molecular complexity index is 533. The van der Waals surface area contributed by atoms with Gasteiger partial charge in [0.05, 0.1) is 6.61 Å². The predicted octanol–water partition coefficient (Wildman–Crippen LogP) is 0.908. The Morgan fingerprint density at radius 1 is 1.22 bits per heavy atom. The number of anilines is 1. The van der Waals surface area contributed by atoms with Gasteiger partial charge in [-0.15, -0.1) is 9.61 Å². The molecular weight excluding hydrogens is 232 g/mol. The van der Waals surface area contributed by atoms with Crippen LogP contribution in [-0.2, 0) is 0 Å². The number of piperidine rings is 1. The summed E-state index contributed by atoms with van der Waals surface area (Å²) in [6.07, 6.45) is 5.12. The maximum atomic E-state index is 5.49. The highest BCUT2D eigenvalue weighted by atomic mass is 16.5. The standard InChI is InChI=1S/C11H16N6O/c1-2-18-11-15-10(16-6-4-3-5-7-16)14-9-12-8-13-17(9)11/h8H,2-7H2,1H3. The predicted molar refractivity (Wildman–Crippen MR) is 65.8 cm³/mol. The first-order valence-electron chi connectivity index (χ1n) is 6.34. The van der Waals surface area contributed by atoms with Gasteiger partial charge in [0, 0.05) is 13.1 Å². The van der Waals surface area contributed by atoms with Gasteiger partial charge in [-0.05, 0) is 26.2 Å². The molecule has 1 saturated heterocycles. The van der Waals surface area contributed by atoms with E-state index in [1.165, 1.54) is 30.1 Å². The summed E-state index contributed by atoms with van der Waals surface area (Å²) in [5.41, 5.74) is 0. The first-order chi connectivity index (χ1) is 8.88. The molecule has 2 aromatic rings. The maximum absolute atomic E-state index is 5.49. The highest BCUT2D eigenvalue weighted by Gasteiger charge is 2.17. The minimum atomic E-state index is 0.459. The molecule has 2 aromatic heterocycles. The van der Waals surface area contributed by atoms with Crippen LogP contribution in [0.4, 0.5) is 5.95 Å². The molecule has 0 amide bonds. The largest absolute Gasteiger partial charge is 0.464 e. The van der Waals surface area contributed by atoms with E-state index in [-0.39, 0.29) is 0 Å². The van der Waals surface area contributed by atoms with Crippen molar-refractivity contribution in [1.82, 2.24) is 24.6 Å². The Hall–Kier alpha value is -1.92. The summed E-state index contributed by atoms with van der Waals surface area (Å²) in [6, 6.07) is 0.459. The second-order valence-corrected chi connectivity index (χ2v) is 4.26. The second-order valence-electron chi connectivity index (χ2n) is 4.26. The third kappa shape index (κ3) is 1.96. The van der Waals surface area contributed by atoms with Crippen LogP contribution in [0, 0.1) is 0 Å². The zero-order valence-electron chi connectivity index (χ0n) is 10.4. The van der Waals surface area contributed by atoms with E-state index in [0.29, 0.717) is 24.3 Å². The molecule has 3 rings (SSSR count). The minimum Gasteiger partial charge on any atom is -0.464 e. The third-order valence-electron chi connectivity index (χ3n) is 3.02. The van der Waals surface area contributed by atoms with Crippen molar-refractivity contribution in [1.29, 1.82) is 0 Å². The van der Waals surface area contributed by atoms with Crippen LogP contribution in [0.5, 0.6) is 6.01 Å². The van der Waals surface area contributed by atoms with Gasteiger partial charge in [-0.25, -0.2) is 0 Å². The molecule has 18 heavy (non-hydrogen) atoms. The van der Waals surface area contributed by atoms with E-state index in [4.69, 9.17) is 4.74 Å². The third-order valence-corrected chi connectivity index (χ3v) is 3.02. The lowest BCUT2D eigenvalue weighted by atomic mass is 10.1. The molecule has 0 radical (unpaired) electrons. The fourth-order valence-electron chi connectivity index (χ4n) is 2.15. The molecule has 7 nitrogen and oxygen atoms in total. The summed E-state index contributed by atoms with van der Waals surface area (Å²) in [7, 11) is 0. The van der Waals surface area contributed by atoms with Crippen LogP contribution in [0.25, 0.3) is 5.78 Å². The van der Waals surface area contributed by atoms with E-state index >= 15 is 0 Å². The topological polar surface area (TPSA) is 68.4 Å². The molecule has 1 aliphatic heterocycles. The van der Waals surface area contributed by atoms with Crippen molar-refractivity contribution in [2.24, 2.45) is 0 Å². The Labute approximate surface area is 105 Å². The summed E-state index contributed by atoms with van der Waals surface area (Å²) in [6.45, 7) is 4.46. The van der Waals surface area contributed by atoms with E-state index in [2.05, 4.69) is 25.0 Å². The Kier molecular flexibility index (Phi) is 2.95. The molecule has 0 aliphatic carbocycles. The number of nitrogens with zero attached hydrogens (tertiary/aromatic N) is 6. The lowest BCUT2D eigenvalue weighted by Crippen LogP contribution is -2.31. The molecule has 1 aliphatic rings. The Morgan fingerprint density at radius 3 is 2.83 bits per heavy atom. The van der Waals surface area contributed by atoms with Crippen molar-refractivity contribution < 1.29 is 4.74 Å². The normalized spacial score (nSPS) is 16.2. The van der Waals surface area contributed by atoms with Crippen molar-refractivity contribution in [2.45, 2.75) is 26.2 Å². The fourth-order valence-corrected chi connectivity index (χ4v) is 2.15. The molecule has 0 spiro atoms. The van der Waals surface area contributed by atoms with Gasteiger partial charge in [0.2, 0.25) is 5.95 Å². The minimum absolute atomic E-state index is 0.459. The van der Waals surface area contributed by atoms with Crippen LogP contribution in [0.15, 0.2) is 6.33 Å². The van der Waals surface area contributed by atoms with Gasteiger partial charge in [0.15, 0.2) is 0 Å². The highest BCUT2D eigenvalue weighted by molar-refractivity contribution is 5.40. The lowest BCUT2D eigenvalue weighted by molar-refractivity contribution is 0.302. The van der Waals surface area contributed by atoms with E-state index in [9.17, 15) is 0 Å². The van der Waals surface area contributed by atoms with Gasteiger partial charge in [0.25, 0.3) is 5.78 Å². The number of rotatable bonds is 3. The smallest absolute Gasteiger partial charge is 0.324 e. The van der Waals surface area contributed by atoms with Crippen LogP contribution in [-0.4, -0.2) is 44.3 Å². The van der Waals surface area contributed by atoms with Gasteiger partial charge in [0.1, 0.15) is 6.33 Å². The molecule has 0 aromatic carbocycles. The molecule has 0 bridgehead atoms. The van der Waals surface area contributed by atoms with Crippen molar-refractivity contribution in [3.63, 3.8) is 0 Å². The number of hydrogen-bond donors (Lipinski definition) is 0. The average molecular weight is 248 g/mol. The summed E-state index contributed by atoms with van der Waals surface area (Å²) in [5, 5.41) is 4.06. The van der Waals surface area contributed by atoms with Gasteiger partial charge >= 0.3 is 6.01 Å². The van der Waals surface area contributed by atoms with E-state index < -0.39 is 0 Å². The first-order valence-corrected chi connectivity index (χ1v) is 6.34. The SMILES string of the molecule is CCOc1nc(N2CCCCC2)nc2ncnn12. The monoisotopic (exact) mass is 248 g/mol. The van der Waals surface area contributed by atoms with Crippen LogP contribution in [0.3, 0.4) is 0 Å². The van der Waals surface area contributed by atoms with Crippen molar-refractivity contribution in [3.8, 4) is 6.01 Å². The summed E-state index contributed by atoms with van der Waals surface area (Å²) < 4.78 is 7.02. The van der Waals surface area contributed by atoms with Gasteiger partial charge in [-0.3, -0.25) is 0 Å². The Balaban J connectivity index is 2.00. The van der Waals surface area contributed by atoms with Gasteiger partial charge in [-0.1, -0.05) is 0 Å². The van der Waals surface area contributed by atoms with Crippen molar-refractivity contribution >= 4 is 11.7 Å². The highest BCUT2D eigenvalue weighted by Crippen LogP contribution is 2.18. The molecule has 96 valence electrons. The fraction of sp³-hybridized carbons (Fsp3) is 0.636. The van der Waals surface area contributed by atoms with Crippen molar-refractivity contribution in [2.75, 3.05) is 24.6 Å².